The number of carbonyl (C=O) groups excluding carboxylic acids is 1. The van der Waals surface area contributed by atoms with Crippen molar-refractivity contribution in [3.63, 3.8) is 0 Å². The number of likely N-dealkylation sites (tertiary alicyclic amines) is 1. The molecule has 1 saturated carbocycles. The SMILES string of the molecule is CC(=O)N1CCC(C(CO)C2CCC2)C1. The predicted octanol–water partition coefficient (Wildman–Crippen LogP) is 1.26. The molecule has 86 valence electrons. The van der Waals surface area contributed by atoms with E-state index in [1.54, 1.807) is 6.92 Å². The van der Waals surface area contributed by atoms with Crippen molar-refractivity contribution < 1.29 is 9.90 Å². The van der Waals surface area contributed by atoms with E-state index < -0.39 is 0 Å². The van der Waals surface area contributed by atoms with E-state index in [9.17, 15) is 9.90 Å². The van der Waals surface area contributed by atoms with E-state index in [4.69, 9.17) is 0 Å². The number of aliphatic hydroxyl groups is 1. The number of nitrogens with zero attached hydrogens (tertiary/aromatic N) is 1. The molecule has 2 unspecified atom stereocenters. The normalized spacial score (nSPS) is 28.9. The smallest absolute Gasteiger partial charge is 0.219 e. The summed E-state index contributed by atoms with van der Waals surface area (Å²) in [6.45, 7) is 3.71. The predicted molar refractivity (Wildman–Crippen MR) is 58.3 cm³/mol. The molecule has 0 aromatic heterocycles. The van der Waals surface area contributed by atoms with Crippen molar-refractivity contribution in [3.05, 3.63) is 0 Å². The first-order valence-electron chi connectivity index (χ1n) is 6.08. The largest absolute Gasteiger partial charge is 0.396 e. The van der Waals surface area contributed by atoms with Gasteiger partial charge in [-0.25, -0.2) is 0 Å². The van der Waals surface area contributed by atoms with Crippen LogP contribution in [0.1, 0.15) is 32.6 Å². The van der Waals surface area contributed by atoms with Gasteiger partial charge in [0.15, 0.2) is 0 Å². The summed E-state index contributed by atoms with van der Waals surface area (Å²) in [5.74, 6) is 1.90. The molecule has 2 aliphatic rings. The van der Waals surface area contributed by atoms with E-state index >= 15 is 0 Å². The monoisotopic (exact) mass is 211 g/mol. The molecule has 2 fully saturated rings. The topological polar surface area (TPSA) is 40.5 Å². The molecular weight excluding hydrogens is 190 g/mol. The highest BCUT2D eigenvalue weighted by molar-refractivity contribution is 5.73. The van der Waals surface area contributed by atoms with Crippen molar-refractivity contribution in [2.24, 2.45) is 17.8 Å². The summed E-state index contributed by atoms with van der Waals surface area (Å²) < 4.78 is 0. The number of hydrogen-bond donors (Lipinski definition) is 1. The van der Waals surface area contributed by atoms with Crippen LogP contribution in [0.2, 0.25) is 0 Å². The summed E-state index contributed by atoms with van der Waals surface area (Å²) in [6, 6.07) is 0. The number of hydrogen-bond acceptors (Lipinski definition) is 2. The lowest BCUT2D eigenvalue weighted by molar-refractivity contribution is -0.128. The second kappa shape index (κ2) is 4.52. The highest BCUT2D eigenvalue weighted by atomic mass is 16.3. The average Bonchev–Trinajstić information content (AvgIpc) is 2.59. The fourth-order valence-electron chi connectivity index (χ4n) is 2.97. The Labute approximate surface area is 91.5 Å². The Kier molecular flexibility index (Phi) is 3.29. The zero-order valence-corrected chi connectivity index (χ0v) is 9.48. The first-order valence-corrected chi connectivity index (χ1v) is 6.08. The molecule has 2 atom stereocenters. The second-order valence-electron chi connectivity index (χ2n) is 5.05. The van der Waals surface area contributed by atoms with E-state index in [-0.39, 0.29) is 5.91 Å². The highest BCUT2D eigenvalue weighted by Crippen LogP contribution is 2.39. The van der Waals surface area contributed by atoms with Gasteiger partial charge in [0.2, 0.25) is 5.91 Å². The minimum absolute atomic E-state index is 0.183. The standard InChI is InChI=1S/C12H21NO2/c1-9(15)13-6-5-11(7-13)12(8-14)10-3-2-4-10/h10-12,14H,2-8H2,1H3. The molecule has 1 aliphatic heterocycles. The Morgan fingerprint density at radius 2 is 2.13 bits per heavy atom. The van der Waals surface area contributed by atoms with Crippen LogP contribution in [0.25, 0.3) is 0 Å². The molecular formula is C12H21NO2. The fraction of sp³-hybridized carbons (Fsp3) is 0.917. The van der Waals surface area contributed by atoms with Crippen LogP contribution in [0.3, 0.4) is 0 Å². The lowest BCUT2D eigenvalue weighted by Crippen LogP contribution is -2.34. The molecule has 1 amide bonds. The van der Waals surface area contributed by atoms with Crippen LogP contribution in [0.5, 0.6) is 0 Å². The summed E-state index contributed by atoms with van der Waals surface area (Å²) in [7, 11) is 0. The Hall–Kier alpha value is -0.570. The van der Waals surface area contributed by atoms with Crippen molar-refractivity contribution in [1.82, 2.24) is 4.90 Å². The molecule has 1 heterocycles. The van der Waals surface area contributed by atoms with Crippen molar-refractivity contribution >= 4 is 5.91 Å². The summed E-state index contributed by atoms with van der Waals surface area (Å²) in [5.41, 5.74) is 0. The molecule has 0 radical (unpaired) electrons. The van der Waals surface area contributed by atoms with E-state index in [0.717, 1.165) is 25.4 Å². The van der Waals surface area contributed by atoms with E-state index in [1.807, 2.05) is 4.90 Å². The van der Waals surface area contributed by atoms with E-state index in [1.165, 1.54) is 19.3 Å². The zero-order chi connectivity index (χ0) is 10.8. The lowest BCUT2D eigenvalue weighted by Gasteiger charge is -2.36. The number of rotatable bonds is 3. The minimum atomic E-state index is 0.183. The van der Waals surface area contributed by atoms with Crippen molar-refractivity contribution in [3.8, 4) is 0 Å². The number of carbonyl (C=O) groups is 1. The van der Waals surface area contributed by atoms with Gasteiger partial charge in [0.05, 0.1) is 0 Å². The van der Waals surface area contributed by atoms with Gasteiger partial charge in [0.25, 0.3) is 0 Å². The Morgan fingerprint density at radius 3 is 2.53 bits per heavy atom. The molecule has 1 aliphatic carbocycles. The molecule has 3 nitrogen and oxygen atoms in total. The van der Waals surface area contributed by atoms with Gasteiger partial charge >= 0.3 is 0 Å². The van der Waals surface area contributed by atoms with Gasteiger partial charge in [0, 0.05) is 26.6 Å². The maximum absolute atomic E-state index is 11.2. The van der Waals surface area contributed by atoms with Crippen LogP contribution in [-0.4, -0.2) is 35.6 Å². The van der Waals surface area contributed by atoms with Crippen LogP contribution >= 0.6 is 0 Å². The first-order chi connectivity index (χ1) is 7.22. The first kappa shape index (κ1) is 10.9. The van der Waals surface area contributed by atoms with Crippen LogP contribution in [0.4, 0.5) is 0 Å². The fourth-order valence-corrected chi connectivity index (χ4v) is 2.97. The molecule has 2 rings (SSSR count). The van der Waals surface area contributed by atoms with Crippen LogP contribution < -0.4 is 0 Å². The molecule has 0 spiro atoms. The van der Waals surface area contributed by atoms with Crippen molar-refractivity contribution in [2.75, 3.05) is 19.7 Å². The van der Waals surface area contributed by atoms with Crippen LogP contribution in [-0.2, 0) is 4.79 Å². The maximum atomic E-state index is 11.2. The maximum Gasteiger partial charge on any atom is 0.219 e. The Bertz CT molecular complexity index is 238. The van der Waals surface area contributed by atoms with Gasteiger partial charge in [-0.2, -0.15) is 0 Å². The van der Waals surface area contributed by atoms with E-state index in [0.29, 0.717) is 18.4 Å². The summed E-state index contributed by atoms with van der Waals surface area (Å²) in [6.07, 6.45) is 4.97. The molecule has 0 aromatic rings. The van der Waals surface area contributed by atoms with Crippen LogP contribution in [0, 0.1) is 17.8 Å². The van der Waals surface area contributed by atoms with Crippen molar-refractivity contribution in [1.29, 1.82) is 0 Å². The van der Waals surface area contributed by atoms with E-state index in [2.05, 4.69) is 0 Å². The zero-order valence-electron chi connectivity index (χ0n) is 9.48. The van der Waals surface area contributed by atoms with Gasteiger partial charge in [-0.05, 0) is 24.2 Å². The third-order valence-electron chi connectivity index (χ3n) is 4.24. The molecule has 1 N–H and O–H groups in total. The van der Waals surface area contributed by atoms with Crippen LogP contribution in [0.15, 0.2) is 0 Å². The third kappa shape index (κ3) is 2.17. The van der Waals surface area contributed by atoms with Crippen molar-refractivity contribution in [2.45, 2.75) is 32.6 Å². The second-order valence-corrected chi connectivity index (χ2v) is 5.05. The third-order valence-corrected chi connectivity index (χ3v) is 4.24. The molecule has 1 saturated heterocycles. The Morgan fingerprint density at radius 1 is 1.40 bits per heavy atom. The average molecular weight is 211 g/mol. The lowest BCUT2D eigenvalue weighted by atomic mass is 9.70. The summed E-state index contributed by atoms with van der Waals surface area (Å²) >= 11 is 0. The number of aliphatic hydroxyl groups excluding tert-OH is 1. The van der Waals surface area contributed by atoms with Gasteiger partial charge in [-0.15, -0.1) is 0 Å². The molecule has 15 heavy (non-hydrogen) atoms. The van der Waals surface area contributed by atoms with Gasteiger partial charge in [-0.1, -0.05) is 19.3 Å². The Balaban J connectivity index is 1.89. The summed E-state index contributed by atoms with van der Waals surface area (Å²) in [5, 5.41) is 9.44. The van der Waals surface area contributed by atoms with Gasteiger partial charge in [0.1, 0.15) is 0 Å². The quantitative estimate of drug-likeness (QED) is 0.763. The summed E-state index contributed by atoms with van der Waals surface area (Å²) in [4.78, 5) is 13.1. The van der Waals surface area contributed by atoms with Gasteiger partial charge in [-0.3, -0.25) is 4.79 Å². The molecule has 0 bridgehead atoms. The molecule has 0 aromatic carbocycles. The van der Waals surface area contributed by atoms with Gasteiger partial charge < -0.3 is 10.0 Å². The number of amides is 1. The minimum Gasteiger partial charge on any atom is -0.396 e. The highest BCUT2D eigenvalue weighted by Gasteiger charge is 2.36. The molecule has 3 heteroatoms.